The van der Waals surface area contributed by atoms with E-state index in [9.17, 15) is 0 Å². The smallest absolute Gasteiger partial charge is 0.372 e. The first-order valence-corrected chi connectivity index (χ1v) is 4.24. The molecule has 0 saturated carbocycles. The van der Waals surface area contributed by atoms with Crippen molar-refractivity contribution in [2.24, 2.45) is 0 Å². The Hall–Kier alpha value is 0.120. The molecule has 2 N–H and O–H groups in total. The van der Waals surface area contributed by atoms with E-state index in [1.54, 1.807) is 0 Å². The number of alkyl halides is 1. The molecule has 1 unspecified atom stereocenters. The maximum Gasteiger partial charge on any atom is 0.394 e. The zero-order valence-corrected chi connectivity index (χ0v) is 6.47. The molecule has 1 saturated heterocycles. The van der Waals surface area contributed by atoms with Crippen molar-refractivity contribution in [1.82, 2.24) is 0 Å². The highest BCUT2D eigenvalue weighted by Gasteiger charge is 2.19. The molecule has 0 spiro atoms. The SMILES string of the molecule is ClCC1CO1.O=S(=O)(O)O. The Labute approximate surface area is 63.5 Å². The highest BCUT2D eigenvalue weighted by Crippen LogP contribution is 2.08. The van der Waals surface area contributed by atoms with Gasteiger partial charge in [0, 0.05) is 0 Å². The van der Waals surface area contributed by atoms with E-state index in [1.807, 2.05) is 0 Å². The second-order valence-corrected chi connectivity index (χ2v) is 2.76. The van der Waals surface area contributed by atoms with Gasteiger partial charge in [-0.1, -0.05) is 0 Å². The van der Waals surface area contributed by atoms with Crippen molar-refractivity contribution in [2.75, 3.05) is 12.5 Å². The molecule has 0 aromatic carbocycles. The van der Waals surface area contributed by atoms with Crippen LogP contribution in [0.25, 0.3) is 0 Å². The first kappa shape index (κ1) is 10.1. The van der Waals surface area contributed by atoms with Crippen LogP contribution in [0, 0.1) is 0 Å². The van der Waals surface area contributed by atoms with E-state index >= 15 is 0 Å². The van der Waals surface area contributed by atoms with Gasteiger partial charge < -0.3 is 4.74 Å². The fraction of sp³-hybridized carbons (Fsp3) is 1.00. The van der Waals surface area contributed by atoms with E-state index in [1.165, 1.54) is 0 Å². The second kappa shape index (κ2) is 4.09. The lowest BCUT2D eigenvalue weighted by molar-refractivity contribution is 0.381. The van der Waals surface area contributed by atoms with Gasteiger partial charge in [-0.3, -0.25) is 9.11 Å². The van der Waals surface area contributed by atoms with Gasteiger partial charge >= 0.3 is 10.4 Å². The van der Waals surface area contributed by atoms with E-state index < -0.39 is 10.4 Å². The van der Waals surface area contributed by atoms with Gasteiger partial charge in [-0.2, -0.15) is 8.42 Å². The van der Waals surface area contributed by atoms with Crippen LogP contribution in [0.1, 0.15) is 0 Å². The Morgan fingerprint density at radius 2 is 1.90 bits per heavy atom. The molecule has 62 valence electrons. The highest BCUT2D eigenvalue weighted by molar-refractivity contribution is 7.79. The van der Waals surface area contributed by atoms with E-state index in [0.717, 1.165) is 6.61 Å². The number of halogens is 1. The van der Waals surface area contributed by atoms with Gasteiger partial charge in [0.2, 0.25) is 0 Å². The van der Waals surface area contributed by atoms with Crippen molar-refractivity contribution >= 4 is 22.0 Å². The van der Waals surface area contributed by atoms with Crippen molar-refractivity contribution in [3.63, 3.8) is 0 Å². The predicted octanol–water partition coefficient (Wildman–Crippen LogP) is -0.0288. The molecule has 7 heteroatoms. The minimum atomic E-state index is -4.67. The third kappa shape index (κ3) is 15.7. The summed E-state index contributed by atoms with van der Waals surface area (Å²) in [5.74, 6) is 0.667. The van der Waals surface area contributed by atoms with Gasteiger partial charge in [0.05, 0.1) is 18.6 Å². The van der Waals surface area contributed by atoms with Crippen molar-refractivity contribution in [3.8, 4) is 0 Å². The third-order valence-electron chi connectivity index (χ3n) is 0.574. The first-order chi connectivity index (χ1) is 4.43. The van der Waals surface area contributed by atoms with Crippen LogP contribution in [0.15, 0.2) is 0 Å². The average molecular weight is 191 g/mol. The molecular formula is C3H7ClO5S. The molecule has 0 aromatic heterocycles. The van der Waals surface area contributed by atoms with Crippen molar-refractivity contribution < 1.29 is 22.3 Å². The Morgan fingerprint density at radius 1 is 1.60 bits per heavy atom. The number of hydrogen-bond acceptors (Lipinski definition) is 3. The van der Waals surface area contributed by atoms with Gasteiger partial charge in [-0.25, -0.2) is 0 Å². The molecule has 0 amide bonds. The van der Waals surface area contributed by atoms with Gasteiger partial charge in [-0.05, 0) is 0 Å². The maximum absolute atomic E-state index is 8.74. The zero-order chi connectivity index (χ0) is 8.20. The number of ether oxygens (including phenoxy) is 1. The van der Waals surface area contributed by atoms with Gasteiger partial charge in [0.1, 0.15) is 0 Å². The lowest BCUT2D eigenvalue weighted by Crippen LogP contribution is -1.89. The van der Waals surface area contributed by atoms with Crippen LogP contribution in [0.3, 0.4) is 0 Å². The van der Waals surface area contributed by atoms with Crippen LogP contribution in [0.5, 0.6) is 0 Å². The quantitative estimate of drug-likeness (QED) is 0.345. The molecule has 5 nitrogen and oxygen atoms in total. The van der Waals surface area contributed by atoms with Crippen LogP contribution < -0.4 is 0 Å². The van der Waals surface area contributed by atoms with Crippen LogP contribution >= 0.6 is 11.6 Å². The van der Waals surface area contributed by atoms with Crippen molar-refractivity contribution in [2.45, 2.75) is 6.10 Å². The topological polar surface area (TPSA) is 87.1 Å². The number of hydrogen-bond donors (Lipinski definition) is 2. The lowest BCUT2D eigenvalue weighted by Gasteiger charge is -1.68. The average Bonchev–Trinajstić information content (AvgIpc) is 2.39. The summed E-state index contributed by atoms with van der Waals surface area (Å²) in [6.07, 6.45) is 0.400. The standard InChI is InChI=1S/C3H5ClO.H2O4S/c4-1-3-2-5-3;1-5(2,3)4/h3H,1-2H2;(H2,1,2,3,4). The lowest BCUT2D eigenvalue weighted by atomic mass is 10.6. The first-order valence-electron chi connectivity index (χ1n) is 2.31. The van der Waals surface area contributed by atoms with Gasteiger partial charge in [0.15, 0.2) is 0 Å². The molecule has 10 heavy (non-hydrogen) atoms. The van der Waals surface area contributed by atoms with Crippen LogP contribution in [-0.4, -0.2) is 36.1 Å². The molecule has 1 atom stereocenters. The monoisotopic (exact) mass is 190 g/mol. The summed E-state index contributed by atoms with van der Waals surface area (Å²) >= 11 is 5.27. The van der Waals surface area contributed by atoms with E-state index in [4.69, 9.17) is 33.9 Å². The second-order valence-electron chi connectivity index (χ2n) is 1.56. The summed E-state index contributed by atoms with van der Waals surface area (Å²) in [4.78, 5) is 0. The Balaban J connectivity index is 0.000000162. The van der Waals surface area contributed by atoms with Crippen LogP contribution in [-0.2, 0) is 15.1 Å². The van der Waals surface area contributed by atoms with E-state index in [0.29, 0.717) is 12.0 Å². The van der Waals surface area contributed by atoms with Crippen LogP contribution in [0.4, 0.5) is 0 Å². The molecule has 0 aromatic rings. The Kier molecular flexibility index (Phi) is 4.14. The van der Waals surface area contributed by atoms with Crippen LogP contribution in [0.2, 0.25) is 0 Å². The fourth-order valence-electron chi connectivity index (χ4n) is 0.157. The molecule has 1 aliphatic heterocycles. The fourth-order valence-corrected chi connectivity index (χ4v) is 0.335. The molecule has 1 fully saturated rings. The summed E-state index contributed by atoms with van der Waals surface area (Å²) in [5, 5.41) is 0. The van der Waals surface area contributed by atoms with Crippen molar-refractivity contribution in [1.29, 1.82) is 0 Å². The van der Waals surface area contributed by atoms with Gasteiger partial charge in [0.25, 0.3) is 0 Å². The summed E-state index contributed by atoms with van der Waals surface area (Å²) in [6.45, 7) is 0.878. The Morgan fingerprint density at radius 3 is 1.90 bits per heavy atom. The summed E-state index contributed by atoms with van der Waals surface area (Å²) in [6, 6.07) is 0. The predicted molar refractivity (Wildman–Crippen MR) is 34.6 cm³/mol. The van der Waals surface area contributed by atoms with Crippen molar-refractivity contribution in [3.05, 3.63) is 0 Å². The normalized spacial score (nSPS) is 22.9. The Bertz CT molecular complexity index is 163. The largest absolute Gasteiger partial charge is 0.394 e. The highest BCUT2D eigenvalue weighted by atomic mass is 35.5. The minimum Gasteiger partial charge on any atom is -0.372 e. The molecule has 1 aliphatic rings. The molecule has 0 aliphatic carbocycles. The molecule has 1 heterocycles. The summed E-state index contributed by atoms with van der Waals surface area (Å²) < 4.78 is 36.3. The zero-order valence-electron chi connectivity index (χ0n) is 4.90. The van der Waals surface area contributed by atoms with E-state index in [2.05, 4.69) is 0 Å². The summed E-state index contributed by atoms with van der Waals surface area (Å²) in [7, 11) is -4.67. The van der Waals surface area contributed by atoms with E-state index in [-0.39, 0.29) is 0 Å². The van der Waals surface area contributed by atoms with Gasteiger partial charge in [-0.15, -0.1) is 11.6 Å². The molecule has 0 bridgehead atoms. The third-order valence-corrected chi connectivity index (χ3v) is 0.919. The number of epoxide rings is 1. The maximum atomic E-state index is 8.74. The molecule has 1 rings (SSSR count). The molecular weight excluding hydrogens is 184 g/mol. The number of rotatable bonds is 1. The summed E-state index contributed by atoms with van der Waals surface area (Å²) in [5.41, 5.74) is 0. The molecule has 0 radical (unpaired) electrons. The minimum absolute atomic E-state index is 0.400.